The number of rotatable bonds is 4. The van der Waals surface area contributed by atoms with E-state index in [4.69, 9.17) is 9.84 Å². The Morgan fingerprint density at radius 3 is 2.20 bits per heavy atom. The van der Waals surface area contributed by atoms with E-state index in [1.165, 1.54) is 0 Å². The molecule has 0 rings (SSSR count). The van der Waals surface area contributed by atoms with Gasteiger partial charge in [0.15, 0.2) is 6.29 Å². The molecule has 0 heterocycles. The van der Waals surface area contributed by atoms with Crippen LogP contribution in [0.4, 0.5) is 0 Å². The van der Waals surface area contributed by atoms with E-state index in [2.05, 4.69) is 0 Å². The molecule has 0 fully saturated rings. The molecule has 0 aromatic heterocycles. The summed E-state index contributed by atoms with van der Waals surface area (Å²) in [6.07, 6.45) is 1.10. The van der Waals surface area contributed by atoms with E-state index in [0.29, 0.717) is 13.0 Å². The Kier molecular flexibility index (Phi) is 23.1. The van der Waals surface area contributed by atoms with Gasteiger partial charge >= 0.3 is 51.4 Å². The summed E-state index contributed by atoms with van der Waals surface area (Å²) < 4.78 is 4.90. The Balaban J connectivity index is -0.000000245. The molecule has 1 unspecified atom stereocenters. The summed E-state index contributed by atoms with van der Waals surface area (Å²) >= 11 is 0. The van der Waals surface area contributed by atoms with Crippen LogP contribution in [0.25, 0.3) is 0 Å². The minimum atomic E-state index is -0.546. The molecule has 1 atom stereocenters. The molecule has 0 aliphatic heterocycles. The average Bonchev–Trinajstić information content (AvgIpc) is 1.83. The normalized spacial score (nSPS) is 11.1. The molecule has 10 heavy (non-hydrogen) atoms. The minimum Gasteiger partial charge on any atom is -0.870 e. The average molecular weight is 174 g/mol. The van der Waals surface area contributed by atoms with Gasteiger partial charge in [-0.1, -0.05) is 13.8 Å². The first-order chi connectivity index (χ1) is 3.81. The molecule has 4 heteroatoms. The fourth-order valence-corrected chi connectivity index (χ4v) is 0.372. The van der Waals surface area contributed by atoms with Gasteiger partial charge in [-0.25, -0.2) is 0 Å². The van der Waals surface area contributed by atoms with Crippen LogP contribution in [-0.4, -0.2) is 23.5 Å². The van der Waals surface area contributed by atoms with Gasteiger partial charge in [-0.3, -0.25) is 0 Å². The van der Waals surface area contributed by atoms with Crippen molar-refractivity contribution < 1.29 is 66.7 Å². The fraction of sp³-hybridized carbons (Fsp3) is 1.00. The Bertz CT molecular complexity index is 52.3. The van der Waals surface area contributed by atoms with Crippen LogP contribution in [0.1, 0.15) is 26.7 Å². The van der Waals surface area contributed by atoms with E-state index < -0.39 is 6.29 Å². The fourth-order valence-electron chi connectivity index (χ4n) is 0.372. The number of aliphatic hydroxyl groups is 1. The van der Waals surface area contributed by atoms with Gasteiger partial charge in [0.2, 0.25) is 0 Å². The summed E-state index contributed by atoms with van der Waals surface area (Å²) in [7, 11) is 0. The molecular formula is C6H15KO3. The molecule has 0 saturated heterocycles. The Morgan fingerprint density at radius 2 is 1.90 bits per heavy atom. The van der Waals surface area contributed by atoms with Gasteiger partial charge in [0, 0.05) is 6.61 Å². The van der Waals surface area contributed by atoms with Crippen LogP contribution >= 0.6 is 0 Å². The van der Waals surface area contributed by atoms with Crippen LogP contribution in [0.2, 0.25) is 0 Å². The van der Waals surface area contributed by atoms with E-state index in [0.717, 1.165) is 6.42 Å². The number of hydrogen-bond acceptors (Lipinski definition) is 3. The van der Waals surface area contributed by atoms with Crippen LogP contribution in [0, 0.1) is 0 Å². The van der Waals surface area contributed by atoms with Crippen molar-refractivity contribution in [3.63, 3.8) is 0 Å². The maximum Gasteiger partial charge on any atom is 1.00 e. The zero-order chi connectivity index (χ0) is 6.41. The molecule has 0 radical (unpaired) electrons. The summed E-state index contributed by atoms with van der Waals surface area (Å²) in [5.41, 5.74) is 0. The number of hydrogen-bond donors (Lipinski definition) is 1. The first-order valence-corrected chi connectivity index (χ1v) is 3.11. The number of ether oxygens (including phenoxy) is 1. The van der Waals surface area contributed by atoms with Crippen molar-refractivity contribution in [1.82, 2.24) is 0 Å². The van der Waals surface area contributed by atoms with Crippen LogP contribution in [0.3, 0.4) is 0 Å². The van der Waals surface area contributed by atoms with Crippen molar-refractivity contribution in [3.05, 3.63) is 0 Å². The van der Waals surface area contributed by atoms with Crippen LogP contribution in [0.15, 0.2) is 0 Å². The van der Waals surface area contributed by atoms with Crippen molar-refractivity contribution in [3.8, 4) is 0 Å². The first kappa shape index (κ1) is 17.6. The predicted molar refractivity (Wildman–Crippen MR) is 34.5 cm³/mol. The molecule has 0 aromatic carbocycles. The van der Waals surface area contributed by atoms with Gasteiger partial charge in [0.05, 0.1) is 0 Å². The summed E-state index contributed by atoms with van der Waals surface area (Å²) in [6.45, 7) is 4.57. The van der Waals surface area contributed by atoms with Crippen molar-refractivity contribution in [2.24, 2.45) is 0 Å². The predicted octanol–water partition coefficient (Wildman–Crippen LogP) is -2.03. The van der Waals surface area contributed by atoms with Crippen molar-refractivity contribution in [1.29, 1.82) is 0 Å². The summed E-state index contributed by atoms with van der Waals surface area (Å²) in [4.78, 5) is 0. The number of aliphatic hydroxyl groups excluding tert-OH is 1. The van der Waals surface area contributed by atoms with E-state index >= 15 is 0 Å². The smallest absolute Gasteiger partial charge is 0.870 e. The third-order valence-electron chi connectivity index (χ3n) is 0.864. The molecule has 2 N–H and O–H groups in total. The summed E-state index contributed by atoms with van der Waals surface area (Å²) in [6, 6.07) is 0. The second-order valence-electron chi connectivity index (χ2n) is 1.73. The molecular weight excluding hydrogens is 159 g/mol. The maximum atomic E-state index is 8.77. The van der Waals surface area contributed by atoms with E-state index in [1.807, 2.05) is 13.8 Å². The zero-order valence-electron chi connectivity index (χ0n) is 7.00. The monoisotopic (exact) mass is 174 g/mol. The van der Waals surface area contributed by atoms with Gasteiger partial charge < -0.3 is 15.3 Å². The molecule has 3 nitrogen and oxygen atoms in total. The Hall–Kier alpha value is 1.52. The molecule has 0 aliphatic carbocycles. The minimum absolute atomic E-state index is 0. The topological polar surface area (TPSA) is 59.5 Å². The largest absolute Gasteiger partial charge is 1.00 e. The van der Waals surface area contributed by atoms with Crippen LogP contribution in [-0.2, 0) is 4.74 Å². The quantitative estimate of drug-likeness (QED) is 0.395. The van der Waals surface area contributed by atoms with E-state index in [-0.39, 0.29) is 56.9 Å². The van der Waals surface area contributed by atoms with Crippen LogP contribution < -0.4 is 51.4 Å². The van der Waals surface area contributed by atoms with Gasteiger partial charge in [-0.05, 0) is 12.8 Å². The van der Waals surface area contributed by atoms with Gasteiger partial charge in [0.25, 0.3) is 0 Å². The molecule has 0 aliphatic rings. The summed E-state index contributed by atoms with van der Waals surface area (Å²) in [5, 5.41) is 8.77. The summed E-state index contributed by atoms with van der Waals surface area (Å²) in [5.74, 6) is 0. The van der Waals surface area contributed by atoms with Crippen molar-refractivity contribution in [2.45, 2.75) is 33.0 Å². The zero-order valence-corrected chi connectivity index (χ0v) is 10.1. The van der Waals surface area contributed by atoms with E-state index in [9.17, 15) is 0 Å². The molecule has 0 aromatic rings. The standard InChI is InChI=1S/C6H14O2.K.H2O/c1-3-5-8-6(7)4-2;;/h6-7H,3-5H2,1-2H3;;1H2/q;+1;/p-1. The third kappa shape index (κ3) is 12.2. The van der Waals surface area contributed by atoms with Crippen LogP contribution in [0.5, 0.6) is 0 Å². The molecule has 0 amide bonds. The second-order valence-corrected chi connectivity index (χ2v) is 1.73. The molecule has 0 spiro atoms. The maximum absolute atomic E-state index is 8.77. The molecule has 58 valence electrons. The molecule has 0 saturated carbocycles. The Labute approximate surface area is 105 Å². The Morgan fingerprint density at radius 1 is 1.40 bits per heavy atom. The second kappa shape index (κ2) is 13.1. The third-order valence-corrected chi connectivity index (χ3v) is 0.864. The molecule has 0 bridgehead atoms. The van der Waals surface area contributed by atoms with Gasteiger partial charge in [-0.15, -0.1) is 0 Å². The van der Waals surface area contributed by atoms with Crippen molar-refractivity contribution in [2.75, 3.05) is 6.61 Å². The van der Waals surface area contributed by atoms with Gasteiger partial charge in [-0.2, -0.15) is 0 Å². The van der Waals surface area contributed by atoms with Gasteiger partial charge in [0.1, 0.15) is 0 Å². The van der Waals surface area contributed by atoms with Crippen molar-refractivity contribution >= 4 is 0 Å². The SMILES string of the molecule is CCCOC(O)CC.[K+].[OH-]. The van der Waals surface area contributed by atoms with E-state index in [1.54, 1.807) is 0 Å². The first-order valence-electron chi connectivity index (χ1n) is 3.11.